The third-order valence-corrected chi connectivity index (χ3v) is 4.52. The molecule has 5 nitrogen and oxygen atoms in total. The van der Waals surface area contributed by atoms with Gasteiger partial charge in [-0.05, 0) is 31.6 Å². The first-order valence-corrected chi connectivity index (χ1v) is 6.64. The fourth-order valence-electron chi connectivity index (χ4n) is 1.89. The van der Waals surface area contributed by atoms with Gasteiger partial charge in [0.2, 0.25) is 5.91 Å². The average Bonchev–Trinajstić information content (AvgIpc) is 2.78. The van der Waals surface area contributed by atoms with Crippen LogP contribution in [0.3, 0.4) is 0 Å². The average molecular weight is 266 g/mol. The third-order valence-electron chi connectivity index (χ3n) is 3.00. The first-order chi connectivity index (χ1) is 8.53. The smallest absolute Gasteiger partial charge is 0.337 e. The molecule has 0 aliphatic carbocycles. The van der Waals surface area contributed by atoms with Crippen molar-refractivity contribution in [2.75, 3.05) is 11.1 Å². The molecule has 2 N–H and O–H groups in total. The van der Waals surface area contributed by atoms with Crippen molar-refractivity contribution in [1.29, 1.82) is 0 Å². The number of amides is 1. The Kier molecular flexibility index (Phi) is 3.56. The number of thioether (sulfide) groups is 1. The summed E-state index contributed by atoms with van der Waals surface area (Å²) in [6.45, 7) is 1.89. The van der Waals surface area contributed by atoms with E-state index in [0.717, 1.165) is 18.6 Å². The van der Waals surface area contributed by atoms with Crippen LogP contribution in [-0.4, -0.2) is 32.5 Å². The number of carbonyl (C=O) groups excluding carboxylic acids is 1. The van der Waals surface area contributed by atoms with Crippen LogP contribution in [0.4, 0.5) is 5.69 Å². The van der Waals surface area contributed by atoms with Crippen LogP contribution in [0.5, 0.6) is 0 Å². The van der Waals surface area contributed by atoms with Crippen LogP contribution in [0, 0.1) is 0 Å². The lowest BCUT2D eigenvalue weighted by atomic mass is 10.0. The highest BCUT2D eigenvalue weighted by Crippen LogP contribution is 2.38. The Morgan fingerprint density at radius 3 is 2.94 bits per heavy atom. The third kappa shape index (κ3) is 2.48. The van der Waals surface area contributed by atoms with E-state index in [1.54, 1.807) is 11.8 Å². The zero-order chi connectivity index (χ0) is 13.2. The molecule has 1 aromatic heterocycles. The minimum Gasteiger partial charge on any atom is -0.478 e. The first-order valence-electron chi connectivity index (χ1n) is 5.66. The van der Waals surface area contributed by atoms with Crippen molar-refractivity contribution in [3.8, 4) is 0 Å². The summed E-state index contributed by atoms with van der Waals surface area (Å²) >= 11 is 1.61. The molecule has 1 aliphatic rings. The van der Waals surface area contributed by atoms with E-state index in [-0.39, 0.29) is 17.2 Å². The van der Waals surface area contributed by atoms with Gasteiger partial charge in [-0.2, -0.15) is 0 Å². The van der Waals surface area contributed by atoms with Gasteiger partial charge >= 0.3 is 5.97 Å². The van der Waals surface area contributed by atoms with Crippen LogP contribution in [-0.2, 0) is 4.79 Å². The molecule has 1 saturated heterocycles. The van der Waals surface area contributed by atoms with Crippen molar-refractivity contribution < 1.29 is 14.7 Å². The number of carboxylic acid groups (broad SMARTS) is 1. The zero-order valence-corrected chi connectivity index (χ0v) is 10.8. The quantitative estimate of drug-likeness (QED) is 0.874. The standard InChI is InChI=1S/C12H14N2O3S/c1-12(4-2-6-18-12)11(17)14-9-7-13-5-3-8(9)10(15)16/h3,5,7H,2,4,6H2,1H3,(H,14,17)(H,15,16). The summed E-state index contributed by atoms with van der Waals surface area (Å²) in [7, 11) is 0. The number of anilines is 1. The van der Waals surface area contributed by atoms with Crippen LogP contribution < -0.4 is 5.32 Å². The van der Waals surface area contributed by atoms with Gasteiger partial charge in [-0.3, -0.25) is 9.78 Å². The van der Waals surface area contributed by atoms with Crippen LogP contribution in [0.15, 0.2) is 18.5 Å². The molecule has 96 valence electrons. The predicted molar refractivity (Wildman–Crippen MR) is 69.9 cm³/mol. The van der Waals surface area contributed by atoms with E-state index in [9.17, 15) is 9.59 Å². The summed E-state index contributed by atoms with van der Waals surface area (Å²) in [4.78, 5) is 27.0. The lowest BCUT2D eigenvalue weighted by Gasteiger charge is -2.21. The first kappa shape index (κ1) is 12.9. The number of pyridine rings is 1. The van der Waals surface area contributed by atoms with Crippen molar-refractivity contribution in [3.05, 3.63) is 24.0 Å². The molecule has 6 heteroatoms. The Hall–Kier alpha value is -1.56. The summed E-state index contributed by atoms with van der Waals surface area (Å²) < 4.78 is -0.467. The van der Waals surface area contributed by atoms with Crippen LogP contribution in [0.2, 0.25) is 0 Å². The molecule has 0 radical (unpaired) electrons. The molecule has 1 aliphatic heterocycles. The number of carbonyl (C=O) groups is 2. The molecule has 1 amide bonds. The van der Waals surface area contributed by atoms with Gasteiger partial charge < -0.3 is 10.4 Å². The molecule has 2 rings (SSSR count). The second-order valence-corrected chi connectivity index (χ2v) is 5.96. The second kappa shape index (κ2) is 4.97. The summed E-state index contributed by atoms with van der Waals surface area (Å²) in [6, 6.07) is 1.38. The Balaban J connectivity index is 2.19. The summed E-state index contributed by atoms with van der Waals surface area (Å²) in [5.41, 5.74) is 0.314. The Labute approximate surface area is 109 Å². The fraction of sp³-hybridized carbons (Fsp3) is 0.417. The fourth-order valence-corrected chi connectivity index (χ4v) is 3.10. The van der Waals surface area contributed by atoms with Crippen LogP contribution >= 0.6 is 11.8 Å². The summed E-state index contributed by atoms with van der Waals surface area (Å²) in [6.07, 6.45) is 4.58. The maximum atomic E-state index is 12.2. The molecule has 1 fully saturated rings. The van der Waals surface area contributed by atoms with E-state index in [1.165, 1.54) is 18.5 Å². The lowest BCUT2D eigenvalue weighted by Crippen LogP contribution is -2.35. The number of nitrogens with one attached hydrogen (secondary N) is 1. The number of rotatable bonds is 3. The highest BCUT2D eigenvalue weighted by molar-refractivity contribution is 8.01. The Morgan fingerprint density at radius 2 is 2.33 bits per heavy atom. The van der Waals surface area contributed by atoms with Gasteiger partial charge in [-0.1, -0.05) is 0 Å². The molecule has 0 bridgehead atoms. The molecule has 1 atom stereocenters. The number of aromatic nitrogens is 1. The van der Waals surface area contributed by atoms with Gasteiger partial charge in [0, 0.05) is 6.20 Å². The predicted octanol–water partition coefficient (Wildman–Crippen LogP) is 2.00. The number of carboxylic acids is 1. The summed E-state index contributed by atoms with van der Waals surface area (Å²) in [5, 5.41) is 11.7. The molecule has 18 heavy (non-hydrogen) atoms. The van der Waals surface area contributed by atoms with E-state index in [1.807, 2.05) is 6.92 Å². The van der Waals surface area contributed by atoms with E-state index in [4.69, 9.17) is 5.11 Å². The van der Waals surface area contributed by atoms with Crippen molar-refractivity contribution in [1.82, 2.24) is 4.98 Å². The Bertz CT molecular complexity index is 484. The molecule has 2 heterocycles. The molecule has 0 saturated carbocycles. The van der Waals surface area contributed by atoms with E-state index >= 15 is 0 Å². The maximum Gasteiger partial charge on any atom is 0.337 e. The number of nitrogens with zero attached hydrogens (tertiary/aromatic N) is 1. The molecular formula is C12H14N2O3S. The van der Waals surface area contributed by atoms with E-state index in [0.29, 0.717) is 0 Å². The van der Waals surface area contributed by atoms with Crippen molar-refractivity contribution >= 4 is 29.3 Å². The van der Waals surface area contributed by atoms with Crippen molar-refractivity contribution in [3.63, 3.8) is 0 Å². The molecule has 0 spiro atoms. The van der Waals surface area contributed by atoms with Gasteiger partial charge in [0.05, 0.1) is 22.2 Å². The van der Waals surface area contributed by atoms with Crippen LogP contribution in [0.1, 0.15) is 30.1 Å². The Morgan fingerprint density at radius 1 is 1.56 bits per heavy atom. The van der Waals surface area contributed by atoms with Gasteiger partial charge in [-0.15, -0.1) is 11.8 Å². The molecule has 1 aromatic rings. The number of hydrogen-bond donors (Lipinski definition) is 2. The zero-order valence-electron chi connectivity index (χ0n) is 9.97. The molecule has 1 unspecified atom stereocenters. The van der Waals surface area contributed by atoms with Crippen molar-refractivity contribution in [2.24, 2.45) is 0 Å². The molecule has 0 aromatic carbocycles. The van der Waals surface area contributed by atoms with Gasteiger partial charge in [-0.25, -0.2) is 4.79 Å². The lowest BCUT2D eigenvalue weighted by molar-refractivity contribution is -0.118. The van der Waals surface area contributed by atoms with E-state index in [2.05, 4.69) is 10.3 Å². The second-order valence-electron chi connectivity index (χ2n) is 4.36. The normalized spacial score (nSPS) is 22.7. The molecular weight excluding hydrogens is 252 g/mol. The van der Waals surface area contributed by atoms with Gasteiger partial charge in [0.25, 0.3) is 0 Å². The minimum atomic E-state index is -1.07. The number of hydrogen-bond acceptors (Lipinski definition) is 4. The number of aromatic carboxylic acids is 1. The van der Waals surface area contributed by atoms with E-state index < -0.39 is 10.7 Å². The minimum absolute atomic E-state index is 0.0601. The van der Waals surface area contributed by atoms with Crippen LogP contribution in [0.25, 0.3) is 0 Å². The highest BCUT2D eigenvalue weighted by Gasteiger charge is 2.37. The monoisotopic (exact) mass is 266 g/mol. The van der Waals surface area contributed by atoms with Gasteiger partial charge in [0.15, 0.2) is 0 Å². The topological polar surface area (TPSA) is 79.3 Å². The maximum absolute atomic E-state index is 12.2. The highest BCUT2D eigenvalue weighted by atomic mass is 32.2. The summed E-state index contributed by atoms with van der Waals surface area (Å²) in [5.74, 6) is -0.264. The largest absolute Gasteiger partial charge is 0.478 e. The SMILES string of the molecule is CC1(C(=O)Nc2cnccc2C(=O)O)CCCS1. The van der Waals surface area contributed by atoms with Gasteiger partial charge in [0.1, 0.15) is 0 Å². The van der Waals surface area contributed by atoms with Crippen molar-refractivity contribution in [2.45, 2.75) is 24.5 Å².